The molecular weight excluding hydrogens is 291 g/mol. The maximum absolute atomic E-state index is 13.0. The van der Waals surface area contributed by atoms with Gasteiger partial charge in [-0.3, -0.25) is 4.79 Å². The Hall–Kier alpha value is -2.41. The molecule has 5 nitrogen and oxygen atoms in total. The molecule has 0 N–H and O–H groups in total. The molecule has 0 aliphatic rings. The minimum atomic E-state index is -0.295. The van der Waals surface area contributed by atoms with Crippen LogP contribution in [0.15, 0.2) is 29.6 Å². The summed E-state index contributed by atoms with van der Waals surface area (Å²) in [5, 5.41) is 10.4. The fraction of sp³-hybridized carbons (Fsp3) is 0.143. The number of carbonyl (C=O) groups excluding carboxylic acids is 1. The number of halogens is 1. The van der Waals surface area contributed by atoms with Gasteiger partial charge in [-0.1, -0.05) is 17.3 Å². The van der Waals surface area contributed by atoms with Crippen molar-refractivity contribution in [3.63, 3.8) is 0 Å². The van der Waals surface area contributed by atoms with E-state index in [0.29, 0.717) is 23.5 Å². The highest BCUT2D eigenvalue weighted by molar-refractivity contribution is 7.12. The Bertz CT molecular complexity index is 779. The fourth-order valence-electron chi connectivity index (χ4n) is 1.96. The van der Waals surface area contributed by atoms with Gasteiger partial charge in [-0.05, 0) is 24.6 Å². The highest BCUT2D eigenvalue weighted by atomic mass is 32.1. The molecule has 1 aromatic carbocycles. The Morgan fingerprint density at radius 2 is 2.10 bits per heavy atom. The van der Waals surface area contributed by atoms with Crippen LogP contribution in [0.4, 0.5) is 4.39 Å². The van der Waals surface area contributed by atoms with Crippen molar-refractivity contribution in [3.8, 4) is 5.13 Å². The van der Waals surface area contributed by atoms with Gasteiger partial charge in [0, 0.05) is 11.8 Å². The smallest absolute Gasteiger partial charge is 0.212 e. The van der Waals surface area contributed by atoms with E-state index in [9.17, 15) is 9.18 Å². The average Bonchev–Trinajstić information content (AvgIpc) is 3.07. The van der Waals surface area contributed by atoms with Crippen LogP contribution < -0.4 is 0 Å². The van der Waals surface area contributed by atoms with E-state index in [0.717, 1.165) is 11.3 Å². The molecule has 2 heterocycles. The highest BCUT2D eigenvalue weighted by Crippen LogP contribution is 2.19. The molecular formula is C14H11FN4OS. The van der Waals surface area contributed by atoms with Crippen LogP contribution in [0.25, 0.3) is 5.13 Å². The summed E-state index contributed by atoms with van der Waals surface area (Å²) in [6.45, 7) is 1.89. The second-order valence-electron chi connectivity index (χ2n) is 4.53. The van der Waals surface area contributed by atoms with Crippen molar-refractivity contribution in [1.82, 2.24) is 20.0 Å². The van der Waals surface area contributed by atoms with Crippen molar-refractivity contribution >= 4 is 17.6 Å². The molecule has 0 amide bonds. The minimum Gasteiger partial charge on any atom is -0.296 e. The molecule has 0 atom stereocenters. The fourth-order valence-corrected chi connectivity index (χ4v) is 2.73. The summed E-state index contributed by atoms with van der Waals surface area (Å²) in [7, 11) is 0. The quantitative estimate of drug-likeness (QED) is 0.695. The zero-order valence-corrected chi connectivity index (χ0v) is 12.0. The lowest BCUT2D eigenvalue weighted by Crippen LogP contribution is -2.04. The van der Waals surface area contributed by atoms with Gasteiger partial charge in [0.25, 0.3) is 0 Å². The van der Waals surface area contributed by atoms with Crippen LogP contribution >= 0.6 is 11.3 Å². The monoisotopic (exact) mass is 302 g/mol. The lowest BCUT2D eigenvalue weighted by atomic mass is 10.1. The van der Waals surface area contributed by atoms with Crippen molar-refractivity contribution in [2.75, 3.05) is 0 Å². The second kappa shape index (κ2) is 5.53. The molecule has 0 saturated carbocycles. The van der Waals surface area contributed by atoms with E-state index in [1.807, 2.05) is 12.3 Å². The SMILES string of the molecule is Cc1csc(-n2nnc(C=O)c2Cc2ccc(F)cc2)n1. The highest BCUT2D eigenvalue weighted by Gasteiger charge is 2.16. The summed E-state index contributed by atoms with van der Waals surface area (Å²) in [6.07, 6.45) is 1.10. The molecule has 0 saturated heterocycles. The number of aryl methyl sites for hydroxylation is 1. The molecule has 0 unspecified atom stereocenters. The van der Waals surface area contributed by atoms with Crippen molar-refractivity contribution in [2.45, 2.75) is 13.3 Å². The van der Waals surface area contributed by atoms with Crippen LogP contribution in [-0.4, -0.2) is 26.3 Å². The maximum Gasteiger partial charge on any atom is 0.212 e. The molecule has 106 valence electrons. The molecule has 7 heteroatoms. The first-order chi connectivity index (χ1) is 10.2. The normalized spacial score (nSPS) is 10.8. The number of aromatic nitrogens is 4. The Kier molecular flexibility index (Phi) is 3.57. The first kappa shape index (κ1) is 13.6. The third-order valence-electron chi connectivity index (χ3n) is 2.98. The van der Waals surface area contributed by atoms with Gasteiger partial charge in [0.2, 0.25) is 5.13 Å². The van der Waals surface area contributed by atoms with Gasteiger partial charge in [-0.15, -0.1) is 16.4 Å². The van der Waals surface area contributed by atoms with E-state index < -0.39 is 0 Å². The Labute approximate surface area is 124 Å². The first-order valence-electron chi connectivity index (χ1n) is 6.24. The topological polar surface area (TPSA) is 60.7 Å². The van der Waals surface area contributed by atoms with Crippen molar-refractivity contribution in [1.29, 1.82) is 0 Å². The van der Waals surface area contributed by atoms with E-state index in [1.165, 1.54) is 23.5 Å². The van der Waals surface area contributed by atoms with Crippen LogP contribution in [0.1, 0.15) is 27.4 Å². The van der Waals surface area contributed by atoms with E-state index in [-0.39, 0.29) is 11.5 Å². The number of aldehydes is 1. The Balaban J connectivity index is 2.01. The number of nitrogens with zero attached hydrogens (tertiary/aromatic N) is 4. The molecule has 0 aliphatic heterocycles. The largest absolute Gasteiger partial charge is 0.296 e. The summed E-state index contributed by atoms with van der Waals surface area (Å²) in [6, 6.07) is 6.12. The third kappa shape index (κ3) is 2.73. The van der Waals surface area contributed by atoms with Gasteiger partial charge < -0.3 is 0 Å². The van der Waals surface area contributed by atoms with Crippen molar-refractivity contribution < 1.29 is 9.18 Å². The minimum absolute atomic E-state index is 0.271. The number of rotatable bonds is 4. The zero-order valence-electron chi connectivity index (χ0n) is 11.2. The lowest BCUT2D eigenvalue weighted by Gasteiger charge is -2.04. The van der Waals surface area contributed by atoms with Crippen LogP contribution in [0.2, 0.25) is 0 Å². The van der Waals surface area contributed by atoms with Gasteiger partial charge in [-0.2, -0.15) is 4.68 Å². The summed E-state index contributed by atoms with van der Waals surface area (Å²) in [4.78, 5) is 15.5. The van der Waals surface area contributed by atoms with Gasteiger partial charge in [0.1, 0.15) is 11.5 Å². The van der Waals surface area contributed by atoms with Gasteiger partial charge in [-0.25, -0.2) is 9.37 Å². The Morgan fingerprint density at radius 3 is 2.71 bits per heavy atom. The average molecular weight is 302 g/mol. The van der Waals surface area contributed by atoms with Gasteiger partial charge in [0.05, 0.1) is 11.4 Å². The zero-order chi connectivity index (χ0) is 14.8. The molecule has 2 aromatic heterocycles. The summed E-state index contributed by atoms with van der Waals surface area (Å²) in [5.41, 5.74) is 2.67. The van der Waals surface area contributed by atoms with Gasteiger partial charge in [0.15, 0.2) is 6.29 Å². The number of carbonyl (C=O) groups is 1. The number of thiazole rings is 1. The predicted molar refractivity (Wildman–Crippen MR) is 76.4 cm³/mol. The lowest BCUT2D eigenvalue weighted by molar-refractivity contribution is 0.111. The number of hydrogen-bond acceptors (Lipinski definition) is 5. The Morgan fingerprint density at radius 1 is 1.33 bits per heavy atom. The maximum atomic E-state index is 13.0. The van der Waals surface area contributed by atoms with Crippen molar-refractivity contribution in [2.24, 2.45) is 0 Å². The molecule has 0 fully saturated rings. The third-order valence-corrected chi connectivity index (χ3v) is 3.91. The molecule has 3 aromatic rings. The first-order valence-corrected chi connectivity index (χ1v) is 7.12. The van der Waals surface area contributed by atoms with Crippen LogP contribution in [-0.2, 0) is 6.42 Å². The van der Waals surface area contributed by atoms with Crippen LogP contribution in [0, 0.1) is 12.7 Å². The second-order valence-corrected chi connectivity index (χ2v) is 5.36. The van der Waals surface area contributed by atoms with E-state index in [2.05, 4.69) is 15.3 Å². The molecule has 21 heavy (non-hydrogen) atoms. The van der Waals surface area contributed by atoms with E-state index >= 15 is 0 Å². The van der Waals surface area contributed by atoms with Crippen LogP contribution in [0.5, 0.6) is 0 Å². The summed E-state index contributed by atoms with van der Waals surface area (Å²) < 4.78 is 14.5. The van der Waals surface area contributed by atoms with Crippen LogP contribution in [0.3, 0.4) is 0 Å². The molecule has 0 radical (unpaired) electrons. The molecule has 0 bridgehead atoms. The number of benzene rings is 1. The summed E-state index contributed by atoms with van der Waals surface area (Å²) >= 11 is 1.43. The molecule has 0 spiro atoms. The van der Waals surface area contributed by atoms with Crippen molar-refractivity contribution in [3.05, 3.63) is 58.1 Å². The predicted octanol–water partition coefficient (Wildman–Crippen LogP) is 2.57. The molecule has 3 rings (SSSR count). The standard InChI is InChI=1S/C14H11FN4OS/c1-9-8-21-14(16-9)19-13(12(7-20)17-18-19)6-10-2-4-11(15)5-3-10/h2-5,7-8H,6H2,1H3. The van der Waals surface area contributed by atoms with Gasteiger partial charge >= 0.3 is 0 Å². The number of hydrogen-bond donors (Lipinski definition) is 0. The molecule has 0 aliphatic carbocycles. The van der Waals surface area contributed by atoms with E-state index in [4.69, 9.17) is 0 Å². The van der Waals surface area contributed by atoms with E-state index in [1.54, 1.807) is 16.8 Å². The summed E-state index contributed by atoms with van der Waals surface area (Å²) in [5.74, 6) is -0.295.